The minimum Gasteiger partial charge on any atom is -0.377 e. The predicted molar refractivity (Wildman–Crippen MR) is 109 cm³/mol. The Balaban J connectivity index is 1.50. The van der Waals surface area contributed by atoms with E-state index >= 15 is 0 Å². The molecular formula is C18H37N7O4. The van der Waals surface area contributed by atoms with Crippen LogP contribution >= 0.6 is 0 Å². The van der Waals surface area contributed by atoms with Gasteiger partial charge in [0, 0.05) is 52.5 Å². The number of ether oxygens (including phenoxy) is 2. The zero-order valence-electron chi connectivity index (χ0n) is 17.1. The summed E-state index contributed by atoms with van der Waals surface area (Å²) in [6, 6.07) is 0. The standard InChI is InChI=1S/C18H37N7O4/c19-15(26)17(24-11-13-3-1-9-28-13)22-7-5-21-6-8-23-18(16(20)27)25-12-14-4-2-10-29-14/h13-14,17-18,21-25H,1-12H2,(H2,19,26)(H2,20,27). The molecule has 0 aliphatic carbocycles. The normalized spacial score (nSPS) is 23.9. The van der Waals surface area contributed by atoms with Crippen molar-refractivity contribution in [3.05, 3.63) is 0 Å². The van der Waals surface area contributed by atoms with Crippen molar-refractivity contribution in [1.29, 1.82) is 0 Å². The fourth-order valence-corrected chi connectivity index (χ4v) is 3.39. The van der Waals surface area contributed by atoms with Crippen LogP contribution in [-0.2, 0) is 19.1 Å². The van der Waals surface area contributed by atoms with Crippen molar-refractivity contribution in [2.75, 3.05) is 52.5 Å². The third kappa shape index (κ3) is 9.81. The lowest BCUT2D eigenvalue weighted by Gasteiger charge is -2.20. The van der Waals surface area contributed by atoms with Crippen molar-refractivity contribution >= 4 is 11.8 Å². The van der Waals surface area contributed by atoms with E-state index in [1.54, 1.807) is 0 Å². The predicted octanol–water partition coefficient (Wildman–Crippen LogP) is -3.08. The maximum absolute atomic E-state index is 11.5. The smallest absolute Gasteiger partial charge is 0.249 e. The van der Waals surface area contributed by atoms with Crippen molar-refractivity contribution in [3.8, 4) is 0 Å². The van der Waals surface area contributed by atoms with Gasteiger partial charge in [-0.1, -0.05) is 0 Å². The van der Waals surface area contributed by atoms with E-state index in [1.807, 2.05) is 0 Å². The molecule has 0 aromatic rings. The van der Waals surface area contributed by atoms with Crippen LogP contribution in [0.3, 0.4) is 0 Å². The zero-order valence-corrected chi connectivity index (χ0v) is 17.1. The average Bonchev–Trinajstić information content (AvgIpc) is 3.39. The first-order valence-corrected chi connectivity index (χ1v) is 10.5. The fourth-order valence-electron chi connectivity index (χ4n) is 3.39. The van der Waals surface area contributed by atoms with Gasteiger partial charge in [-0.2, -0.15) is 0 Å². The lowest BCUT2D eigenvalue weighted by Crippen LogP contribution is -2.55. The zero-order chi connectivity index (χ0) is 20.9. The van der Waals surface area contributed by atoms with Crippen molar-refractivity contribution in [2.45, 2.75) is 50.2 Å². The average molecular weight is 416 g/mol. The molecule has 2 rings (SSSR count). The summed E-state index contributed by atoms with van der Waals surface area (Å²) >= 11 is 0. The topological polar surface area (TPSA) is 165 Å². The number of carbonyl (C=O) groups is 2. The first kappa shape index (κ1) is 23.9. The van der Waals surface area contributed by atoms with Crippen LogP contribution in [0.5, 0.6) is 0 Å². The summed E-state index contributed by atoms with van der Waals surface area (Å²) in [6.07, 6.45) is 3.24. The molecule has 11 heteroatoms. The Labute approximate surface area is 172 Å². The number of nitrogens with two attached hydrogens (primary N) is 2. The fraction of sp³-hybridized carbons (Fsp3) is 0.889. The molecule has 0 radical (unpaired) electrons. The maximum Gasteiger partial charge on any atom is 0.249 e. The Kier molecular flexibility index (Phi) is 11.4. The summed E-state index contributed by atoms with van der Waals surface area (Å²) in [5, 5.41) is 15.6. The number of rotatable bonds is 16. The van der Waals surface area contributed by atoms with Crippen LogP contribution in [-0.4, -0.2) is 88.8 Å². The van der Waals surface area contributed by atoms with Crippen LogP contribution in [0, 0.1) is 0 Å². The van der Waals surface area contributed by atoms with E-state index < -0.39 is 24.1 Å². The van der Waals surface area contributed by atoms with Gasteiger partial charge in [-0.3, -0.25) is 30.9 Å². The van der Waals surface area contributed by atoms with Gasteiger partial charge in [0.05, 0.1) is 12.2 Å². The van der Waals surface area contributed by atoms with Crippen LogP contribution in [0.4, 0.5) is 0 Å². The Hall–Kier alpha value is -1.34. The van der Waals surface area contributed by atoms with Crippen LogP contribution in [0.2, 0.25) is 0 Å². The van der Waals surface area contributed by atoms with E-state index in [2.05, 4.69) is 26.6 Å². The Bertz CT molecular complexity index is 443. The van der Waals surface area contributed by atoms with E-state index in [-0.39, 0.29) is 12.2 Å². The Morgan fingerprint density at radius 2 is 1.21 bits per heavy atom. The number of hydrogen-bond acceptors (Lipinski definition) is 9. The van der Waals surface area contributed by atoms with Crippen LogP contribution in [0.15, 0.2) is 0 Å². The molecule has 0 aromatic carbocycles. The van der Waals surface area contributed by atoms with Crippen molar-refractivity contribution in [2.24, 2.45) is 11.5 Å². The van der Waals surface area contributed by atoms with Gasteiger partial charge in [-0.05, 0) is 25.7 Å². The highest BCUT2D eigenvalue weighted by molar-refractivity contribution is 5.79. The molecule has 0 saturated carbocycles. The Morgan fingerprint density at radius 3 is 1.55 bits per heavy atom. The molecule has 0 aromatic heterocycles. The number of hydrogen-bond donors (Lipinski definition) is 7. The van der Waals surface area contributed by atoms with E-state index in [9.17, 15) is 9.59 Å². The van der Waals surface area contributed by atoms with Gasteiger partial charge in [0.2, 0.25) is 11.8 Å². The van der Waals surface area contributed by atoms with Crippen LogP contribution in [0.25, 0.3) is 0 Å². The van der Waals surface area contributed by atoms with Crippen LogP contribution < -0.4 is 38.1 Å². The minimum absolute atomic E-state index is 0.148. The number of carbonyl (C=O) groups excluding carboxylic acids is 2. The Morgan fingerprint density at radius 1 is 0.759 bits per heavy atom. The highest BCUT2D eigenvalue weighted by Gasteiger charge is 2.20. The second-order valence-corrected chi connectivity index (χ2v) is 7.42. The summed E-state index contributed by atoms with van der Waals surface area (Å²) < 4.78 is 11.1. The van der Waals surface area contributed by atoms with Gasteiger partial charge < -0.3 is 26.3 Å². The molecule has 2 aliphatic rings. The molecule has 9 N–H and O–H groups in total. The third-order valence-corrected chi connectivity index (χ3v) is 5.02. The van der Waals surface area contributed by atoms with Crippen molar-refractivity contribution in [3.63, 3.8) is 0 Å². The molecule has 168 valence electrons. The summed E-state index contributed by atoms with van der Waals surface area (Å²) in [7, 11) is 0. The number of nitrogens with one attached hydrogen (secondary N) is 5. The summed E-state index contributed by atoms with van der Waals surface area (Å²) in [5.74, 6) is -0.877. The highest BCUT2D eigenvalue weighted by Crippen LogP contribution is 2.11. The summed E-state index contributed by atoms with van der Waals surface area (Å²) in [6.45, 7) is 5.20. The molecule has 2 heterocycles. The quantitative estimate of drug-likeness (QED) is 0.102. The van der Waals surface area contributed by atoms with E-state index in [0.717, 1.165) is 38.9 Å². The lowest BCUT2D eigenvalue weighted by molar-refractivity contribution is -0.121. The lowest BCUT2D eigenvalue weighted by atomic mass is 10.2. The second kappa shape index (κ2) is 13.8. The summed E-state index contributed by atoms with van der Waals surface area (Å²) in [5.41, 5.74) is 10.8. The number of primary amides is 2. The molecular weight excluding hydrogens is 378 g/mol. The second-order valence-electron chi connectivity index (χ2n) is 7.42. The highest BCUT2D eigenvalue weighted by atomic mass is 16.5. The van der Waals surface area contributed by atoms with Crippen LogP contribution in [0.1, 0.15) is 25.7 Å². The monoisotopic (exact) mass is 415 g/mol. The minimum atomic E-state index is -0.583. The maximum atomic E-state index is 11.5. The molecule has 2 saturated heterocycles. The first-order chi connectivity index (χ1) is 14.1. The van der Waals surface area contributed by atoms with E-state index in [4.69, 9.17) is 20.9 Å². The molecule has 2 amide bonds. The molecule has 4 atom stereocenters. The van der Waals surface area contributed by atoms with Gasteiger partial charge in [0.15, 0.2) is 0 Å². The van der Waals surface area contributed by atoms with Crippen molar-refractivity contribution < 1.29 is 19.1 Å². The van der Waals surface area contributed by atoms with Gasteiger partial charge in [0.25, 0.3) is 0 Å². The molecule has 2 aliphatic heterocycles. The third-order valence-electron chi connectivity index (χ3n) is 5.02. The molecule has 0 bridgehead atoms. The van der Waals surface area contributed by atoms with Gasteiger partial charge >= 0.3 is 0 Å². The first-order valence-electron chi connectivity index (χ1n) is 10.5. The van der Waals surface area contributed by atoms with Crippen molar-refractivity contribution in [1.82, 2.24) is 26.6 Å². The van der Waals surface area contributed by atoms with Gasteiger partial charge in [-0.25, -0.2) is 0 Å². The SMILES string of the molecule is NC(=O)C(NCCNCCNC(NCC1CCCO1)C(N)=O)NCC1CCCO1. The largest absolute Gasteiger partial charge is 0.377 e. The molecule has 0 spiro atoms. The molecule has 4 unspecified atom stereocenters. The van der Waals surface area contributed by atoms with E-state index in [0.29, 0.717) is 39.3 Å². The summed E-state index contributed by atoms with van der Waals surface area (Å²) in [4.78, 5) is 23.1. The van der Waals surface area contributed by atoms with E-state index in [1.165, 1.54) is 0 Å². The number of amides is 2. The molecule has 29 heavy (non-hydrogen) atoms. The van der Waals surface area contributed by atoms with Gasteiger partial charge in [-0.15, -0.1) is 0 Å². The molecule has 11 nitrogen and oxygen atoms in total. The van der Waals surface area contributed by atoms with Gasteiger partial charge in [0.1, 0.15) is 12.3 Å². The molecule has 2 fully saturated rings.